The first-order chi connectivity index (χ1) is 11.5. The van der Waals surface area contributed by atoms with E-state index in [1.54, 1.807) is 12.1 Å². The Hall–Kier alpha value is -1.44. The van der Waals surface area contributed by atoms with E-state index in [2.05, 4.69) is 22.6 Å². The molecule has 0 saturated carbocycles. The molecule has 0 saturated heterocycles. The fourth-order valence-corrected chi connectivity index (χ4v) is 3.73. The Morgan fingerprint density at radius 3 is 2.21 bits per heavy atom. The predicted octanol–water partition coefficient (Wildman–Crippen LogP) is 4.65. The summed E-state index contributed by atoms with van der Waals surface area (Å²) in [5.41, 5.74) is 2.09. The van der Waals surface area contributed by atoms with Gasteiger partial charge in [0.2, 0.25) is 10.0 Å². The second-order valence-electron chi connectivity index (χ2n) is 5.31. The fourth-order valence-electron chi connectivity index (χ4n) is 2.16. The highest BCUT2D eigenvalue weighted by atomic mass is 127. The molecule has 0 heterocycles. The molecule has 0 fully saturated rings. The molecule has 3 nitrogen and oxygen atoms in total. The van der Waals surface area contributed by atoms with E-state index in [-0.39, 0.29) is 0 Å². The van der Waals surface area contributed by atoms with E-state index < -0.39 is 10.0 Å². The fraction of sp³-hybridized carbons (Fsp3) is 0.158. The zero-order valence-corrected chi connectivity index (χ0v) is 16.4. The molecule has 0 aliphatic rings. The Morgan fingerprint density at radius 1 is 0.958 bits per heavy atom. The molecule has 2 aromatic rings. The van der Waals surface area contributed by atoms with Crippen LogP contribution in [0.3, 0.4) is 0 Å². The van der Waals surface area contributed by atoms with Crippen molar-refractivity contribution in [1.29, 1.82) is 0 Å². The number of sulfonamides is 1. The topological polar surface area (TPSA) is 37.4 Å². The van der Waals surface area contributed by atoms with Crippen LogP contribution in [0.2, 0.25) is 0 Å². The summed E-state index contributed by atoms with van der Waals surface area (Å²) in [6.45, 7) is 2.61. The van der Waals surface area contributed by atoms with Crippen LogP contribution < -0.4 is 0 Å². The highest BCUT2D eigenvalue weighted by molar-refractivity contribution is 14.1. The molecule has 0 bridgehead atoms. The minimum Gasteiger partial charge on any atom is -0.207 e. The third kappa shape index (κ3) is 5.29. The summed E-state index contributed by atoms with van der Waals surface area (Å²) < 4.78 is 29.0. The van der Waals surface area contributed by atoms with Crippen molar-refractivity contribution in [3.63, 3.8) is 0 Å². The summed E-state index contributed by atoms with van der Waals surface area (Å²) in [4.78, 5) is 0.322. The summed E-state index contributed by atoms with van der Waals surface area (Å²) >= 11 is 2.09. The van der Waals surface area contributed by atoms with Gasteiger partial charge in [0.1, 0.15) is 0 Å². The average molecular weight is 453 g/mol. The van der Waals surface area contributed by atoms with Crippen LogP contribution in [0.25, 0.3) is 6.08 Å². The Kier molecular flexibility index (Phi) is 7.20. The van der Waals surface area contributed by atoms with Crippen LogP contribution in [-0.2, 0) is 10.0 Å². The summed E-state index contributed by atoms with van der Waals surface area (Å²) in [5.74, 6) is 0. The molecule has 0 aliphatic heterocycles. The number of nitrogens with zero attached hydrogens (tertiary/aromatic N) is 1. The largest absolute Gasteiger partial charge is 0.243 e. The van der Waals surface area contributed by atoms with Gasteiger partial charge in [0.05, 0.1) is 4.90 Å². The van der Waals surface area contributed by atoms with Crippen LogP contribution in [0.5, 0.6) is 0 Å². The van der Waals surface area contributed by atoms with Crippen molar-refractivity contribution < 1.29 is 8.42 Å². The zero-order chi connectivity index (χ0) is 17.4. The molecule has 0 aromatic heterocycles. The van der Waals surface area contributed by atoms with Gasteiger partial charge in [-0.3, -0.25) is 0 Å². The number of hydrogen-bond acceptors (Lipinski definition) is 2. The number of aryl methyl sites for hydroxylation is 1. The Morgan fingerprint density at radius 2 is 1.58 bits per heavy atom. The maximum absolute atomic E-state index is 12.8. The number of hydrogen-bond donors (Lipinski definition) is 0. The maximum atomic E-state index is 12.8. The number of halogens is 1. The van der Waals surface area contributed by atoms with Crippen molar-refractivity contribution in [2.24, 2.45) is 0 Å². The van der Waals surface area contributed by atoms with Crippen molar-refractivity contribution in [2.45, 2.75) is 11.8 Å². The molecule has 0 aliphatic carbocycles. The van der Waals surface area contributed by atoms with E-state index in [4.69, 9.17) is 0 Å². The van der Waals surface area contributed by atoms with Crippen molar-refractivity contribution >= 4 is 38.7 Å². The van der Waals surface area contributed by atoms with Gasteiger partial charge in [-0.25, -0.2) is 8.42 Å². The first-order valence-corrected chi connectivity index (χ1v) is 10.3. The second kappa shape index (κ2) is 9.15. The van der Waals surface area contributed by atoms with Gasteiger partial charge in [-0.1, -0.05) is 88.8 Å². The normalized spacial score (nSPS) is 12.5. The molecule has 24 heavy (non-hydrogen) atoms. The van der Waals surface area contributed by atoms with Gasteiger partial charge >= 0.3 is 0 Å². The molecule has 0 unspecified atom stereocenters. The van der Waals surface area contributed by atoms with Crippen LogP contribution in [-0.4, -0.2) is 25.8 Å². The van der Waals surface area contributed by atoms with Crippen LogP contribution in [0.4, 0.5) is 0 Å². The Bertz CT molecular complexity index is 797. The molecule has 0 radical (unpaired) electrons. The molecule has 2 aromatic carbocycles. The molecular weight excluding hydrogens is 433 g/mol. The molecule has 0 spiro atoms. The average Bonchev–Trinajstić information content (AvgIpc) is 2.59. The van der Waals surface area contributed by atoms with Gasteiger partial charge in [-0.15, -0.1) is 0 Å². The van der Waals surface area contributed by atoms with Crippen molar-refractivity contribution in [2.75, 3.05) is 13.1 Å². The van der Waals surface area contributed by atoms with E-state index in [0.29, 0.717) is 18.0 Å². The van der Waals surface area contributed by atoms with E-state index >= 15 is 0 Å². The maximum Gasteiger partial charge on any atom is 0.243 e. The summed E-state index contributed by atoms with van der Waals surface area (Å²) in [6, 6.07) is 16.8. The van der Waals surface area contributed by atoms with Crippen molar-refractivity contribution in [1.82, 2.24) is 4.31 Å². The monoisotopic (exact) mass is 453 g/mol. The highest BCUT2D eigenvalue weighted by Crippen LogP contribution is 2.17. The Labute approximate surface area is 157 Å². The van der Waals surface area contributed by atoms with Crippen LogP contribution in [0.15, 0.2) is 75.7 Å². The SMILES string of the molecule is Cc1ccc(S(=O)(=O)N(C/C=C/I)C/C=C/c2ccccc2)cc1. The summed E-state index contributed by atoms with van der Waals surface area (Å²) in [7, 11) is -3.52. The van der Waals surface area contributed by atoms with E-state index in [9.17, 15) is 8.42 Å². The van der Waals surface area contributed by atoms with Crippen molar-refractivity contribution in [3.8, 4) is 0 Å². The van der Waals surface area contributed by atoms with Crippen LogP contribution >= 0.6 is 22.6 Å². The molecule has 0 atom stereocenters. The molecule has 126 valence electrons. The second-order valence-corrected chi connectivity index (χ2v) is 7.97. The van der Waals surface area contributed by atoms with Crippen LogP contribution in [0, 0.1) is 6.92 Å². The first kappa shape index (κ1) is 18.9. The molecule has 2 rings (SSSR count). The van der Waals surface area contributed by atoms with E-state index in [1.165, 1.54) is 4.31 Å². The lowest BCUT2D eigenvalue weighted by molar-refractivity contribution is 0.474. The highest BCUT2D eigenvalue weighted by Gasteiger charge is 2.22. The van der Waals surface area contributed by atoms with Gasteiger partial charge in [-0.2, -0.15) is 4.31 Å². The van der Waals surface area contributed by atoms with Gasteiger partial charge < -0.3 is 0 Å². The lowest BCUT2D eigenvalue weighted by Crippen LogP contribution is -2.31. The third-order valence-electron chi connectivity index (χ3n) is 3.48. The van der Waals surface area contributed by atoms with Gasteiger partial charge in [0.25, 0.3) is 0 Å². The number of benzene rings is 2. The molecular formula is C19H20INO2S. The standard InChI is InChI=1S/C19H20INO2S/c1-17-10-12-19(13-11-17)24(22,23)21(16-6-14-20)15-5-9-18-7-3-2-4-8-18/h2-14H,15-16H2,1H3/b9-5+,14-6+. The zero-order valence-electron chi connectivity index (χ0n) is 13.5. The molecule has 5 heteroatoms. The minimum atomic E-state index is -3.52. The third-order valence-corrected chi connectivity index (χ3v) is 5.83. The lowest BCUT2D eigenvalue weighted by atomic mass is 10.2. The van der Waals surface area contributed by atoms with Crippen molar-refractivity contribution in [3.05, 3.63) is 82.0 Å². The number of rotatable bonds is 7. The molecule has 0 N–H and O–H groups in total. The van der Waals surface area contributed by atoms with Gasteiger partial charge in [0.15, 0.2) is 0 Å². The predicted molar refractivity (Wildman–Crippen MR) is 109 cm³/mol. The quantitative estimate of drug-likeness (QED) is 0.573. The Balaban J connectivity index is 2.20. The van der Waals surface area contributed by atoms with E-state index in [1.807, 2.05) is 71.7 Å². The van der Waals surface area contributed by atoms with E-state index in [0.717, 1.165) is 11.1 Å². The minimum absolute atomic E-state index is 0.322. The summed E-state index contributed by atoms with van der Waals surface area (Å²) in [5, 5.41) is 0. The van der Waals surface area contributed by atoms with Gasteiger partial charge in [-0.05, 0) is 28.7 Å². The molecule has 0 amide bonds. The van der Waals surface area contributed by atoms with Crippen LogP contribution in [0.1, 0.15) is 11.1 Å². The lowest BCUT2D eigenvalue weighted by Gasteiger charge is -2.19. The van der Waals surface area contributed by atoms with Gasteiger partial charge in [0, 0.05) is 13.1 Å². The smallest absolute Gasteiger partial charge is 0.207 e. The first-order valence-electron chi connectivity index (χ1n) is 7.57. The summed E-state index contributed by atoms with van der Waals surface area (Å²) in [6.07, 6.45) is 5.65.